The fourth-order valence-electron chi connectivity index (χ4n) is 1.93. The number of rotatable bonds is 6. The Morgan fingerprint density at radius 1 is 1.43 bits per heavy atom. The van der Waals surface area contributed by atoms with Crippen LogP contribution in [0.5, 0.6) is 0 Å². The van der Waals surface area contributed by atoms with Crippen molar-refractivity contribution in [3.63, 3.8) is 0 Å². The monoisotopic (exact) mass is 308 g/mol. The number of alkyl halides is 1. The lowest BCUT2D eigenvalue weighted by Crippen LogP contribution is -2.45. The lowest BCUT2D eigenvalue weighted by molar-refractivity contribution is 0.0903. The zero-order valence-electron chi connectivity index (χ0n) is 11.9. The van der Waals surface area contributed by atoms with Crippen LogP contribution in [0.4, 0.5) is 0 Å². The van der Waals surface area contributed by atoms with Gasteiger partial charge in [0.25, 0.3) is 5.91 Å². The van der Waals surface area contributed by atoms with Gasteiger partial charge in [0.2, 0.25) is 0 Å². The van der Waals surface area contributed by atoms with Crippen molar-refractivity contribution in [1.29, 1.82) is 0 Å². The molecule has 0 aliphatic heterocycles. The molecule has 1 unspecified atom stereocenters. The second kappa shape index (κ2) is 6.74. The summed E-state index contributed by atoms with van der Waals surface area (Å²) in [5.74, 6) is 0.397. The van der Waals surface area contributed by atoms with Crippen LogP contribution in [0.15, 0.2) is 40.9 Å². The normalized spacial score (nSPS) is 13.7. The summed E-state index contributed by atoms with van der Waals surface area (Å²) in [5, 5.41) is 6.63. The maximum absolute atomic E-state index is 12.3. The minimum absolute atomic E-state index is 0.203. The largest absolute Gasteiger partial charge is 0.377 e. The van der Waals surface area contributed by atoms with Gasteiger partial charge in [-0.25, -0.2) is 0 Å². The summed E-state index contributed by atoms with van der Waals surface area (Å²) in [6, 6.07) is 11.1. The average Bonchev–Trinajstić information content (AvgIpc) is 2.97. The molecule has 0 spiro atoms. The van der Waals surface area contributed by atoms with Crippen LogP contribution in [0.2, 0.25) is 0 Å². The van der Waals surface area contributed by atoms with Crippen LogP contribution < -0.4 is 5.32 Å². The molecular weight excluding hydrogens is 292 g/mol. The Labute approximate surface area is 128 Å². The molecule has 0 aliphatic carbocycles. The highest BCUT2D eigenvalue weighted by Crippen LogP contribution is 2.22. The van der Waals surface area contributed by atoms with E-state index in [4.69, 9.17) is 20.9 Å². The van der Waals surface area contributed by atoms with Crippen LogP contribution in [0.25, 0.3) is 0 Å². The van der Waals surface area contributed by atoms with Crippen molar-refractivity contribution in [3.05, 3.63) is 53.4 Å². The summed E-state index contributed by atoms with van der Waals surface area (Å²) < 4.78 is 9.94. The molecule has 1 atom stereocenters. The van der Waals surface area contributed by atoms with E-state index in [-0.39, 0.29) is 24.1 Å². The Morgan fingerprint density at radius 2 is 2.14 bits per heavy atom. The summed E-state index contributed by atoms with van der Waals surface area (Å²) in [7, 11) is 1.54. The molecule has 1 N–H and O–H groups in total. The number of benzene rings is 1. The van der Waals surface area contributed by atoms with Gasteiger partial charge in [0.05, 0.1) is 5.54 Å². The summed E-state index contributed by atoms with van der Waals surface area (Å²) in [4.78, 5) is 12.3. The van der Waals surface area contributed by atoms with Crippen LogP contribution in [0.3, 0.4) is 0 Å². The average molecular weight is 309 g/mol. The zero-order chi connectivity index (χ0) is 15.3. The Balaban J connectivity index is 2.15. The second-order valence-electron chi connectivity index (χ2n) is 4.90. The van der Waals surface area contributed by atoms with Crippen molar-refractivity contribution in [1.82, 2.24) is 10.5 Å². The number of nitrogens with zero attached hydrogens (tertiary/aromatic N) is 1. The number of hydrogen-bond acceptors (Lipinski definition) is 4. The summed E-state index contributed by atoms with van der Waals surface area (Å²) >= 11 is 6.05. The van der Waals surface area contributed by atoms with Crippen molar-refractivity contribution in [2.24, 2.45) is 0 Å². The first-order valence-corrected chi connectivity index (χ1v) is 7.01. The lowest BCUT2D eigenvalue weighted by Gasteiger charge is -2.28. The van der Waals surface area contributed by atoms with Crippen molar-refractivity contribution < 1.29 is 14.1 Å². The van der Waals surface area contributed by atoms with Gasteiger partial charge >= 0.3 is 0 Å². The van der Waals surface area contributed by atoms with Gasteiger partial charge in [-0.1, -0.05) is 35.5 Å². The van der Waals surface area contributed by atoms with Crippen LogP contribution in [0, 0.1) is 0 Å². The molecule has 0 saturated heterocycles. The van der Waals surface area contributed by atoms with E-state index >= 15 is 0 Å². The highest BCUT2D eigenvalue weighted by atomic mass is 35.5. The van der Waals surface area contributed by atoms with E-state index in [1.54, 1.807) is 13.2 Å². The van der Waals surface area contributed by atoms with Gasteiger partial charge in [-0.2, -0.15) is 0 Å². The van der Waals surface area contributed by atoms with Crippen LogP contribution in [-0.2, 0) is 16.9 Å². The number of ether oxygens (including phenoxy) is 1. The van der Waals surface area contributed by atoms with Gasteiger partial charge < -0.3 is 14.6 Å². The minimum Gasteiger partial charge on any atom is -0.377 e. The zero-order valence-corrected chi connectivity index (χ0v) is 12.7. The van der Waals surface area contributed by atoms with E-state index in [9.17, 15) is 4.79 Å². The van der Waals surface area contributed by atoms with E-state index in [2.05, 4.69) is 10.5 Å². The van der Waals surface area contributed by atoms with Crippen molar-refractivity contribution >= 4 is 17.5 Å². The minimum atomic E-state index is -0.680. The topological polar surface area (TPSA) is 64.4 Å². The SMILES string of the molecule is COCc1cc(C(=O)NC(C)(CCl)c2ccccc2)no1. The molecule has 21 heavy (non-hydrogen) atoms. The number of carbonyl (C=O) groups is 1. The molecule has 0 radical (unpaired) electrons. The van der Waals surface area contributed by atoms with Crippen molar-refractivity contribution in [2.45, 2.75) is 19.1 Å². The molecule has 0 fully saturated rings. The maximum Gasteiger partial charge on any atom is 0.274 e. The Morgan fingerprint density at radius 3 is 2.76 bits per heavy atom. The molecule has 2 aromatic rings. The molecule has 1 aromatic carbocycles. The fraction of sp³-hybridized carbons (Fsp3) is 0.333. The predicted molar refractivity (Wildman–Crippen MR) is 79.2 cm³/mol. The van der Waals surface area contributed by atoms with Crippen molar-refractivity contribution in [3.8, 4) is 0 Å². The highest BCUT2D eigenvalue weighted by Gasteiger charge is 2.29. The van der Waals surface area contributed by atoms with E-state index in [1.165, 1.54) is 0 Å². The molecular formula is C15H17ClN2O3. The fourth-order valence-corrected chi connectivity index (χ4v) is 2.15. The smallest absolute Gasteiger partial charge is 0.274 e. The van der Waals surface area contributed by atoms with E-state index in [1.807, 2.05) is 37.3 Å². The molecule has 112 valence electrons. The van der Waals surface area contributed by atoms with Crippen LogP contribution in [0.1, 0.15) is 28.7 Å². The van der Waals surface area contributed by atoms with Gasteiger partial charge in [-0.15, -0.1) is 11.6 Å². The van der Waals surface area contributed by atoms with E-state index < -0.39 is 5.54 Å². The third-order valence-corrected chi connectivity index (χ3v) is 3.68. The molecule has 6 heteroatoms. The van der Waals surface area contributed by atoms with Gasteiger partial charge in [0.15, 0.2) is 11.5 Å². The van der Waals surface area contributed by atoms with E-state index in [0.29, 0.717) is 5.76 Å². The summed E-state index contributed by atoms with van der Waals surface area (Å²) in [5.41, 5.74) is 0.448. The highest BCUT2D eigenvalue weighted by molar-refractivity contribution is 6.18. The first kappa shape index (κ1) is 15.5. The molecule has 0 bridgehead atoms. The van der Waals surface area contributed by atoms with Gasteiger partial charge in [0.1, 0.15) is 6.61 Å². The molecule has 0 saturated carbocycles. The summed E-state index contributed by atoms with van der Waals surface area (Å²) in [6.45, 7) is 2.13. The molecule has 1 heterocycles. The molecule has 5 nitrogen and oxygen atoms in total. The number of aromatic nitrogens is 1. The summed E-state index contributed by atoms with van der Waals surface area (Å²) in [6.07, 6.45) is 0. The Kier molecular flexibility index (Phi) is 4.98. The van der Waals surface area contributed by atoms with Crippen LogP contribution >= 0.6 is 11.6 Å². The predicted octanol–water partition coefficient (Wildman–Crippen LogP) is 2.71. The number of carbonyl (C=O) groups excluding carboxylic acids is 1. The standard InChI is InChI=1S/C15H17ClN2O3/c1-15(10-16,11-6-4-3-5-7-11)17-14(19)13-8-12(9-20-2)21-18-13/h3-8H,9-10H2,1-2H3,(H,17,19). The first-order chi connectivity index (χ1) is 10.1. The number of halogens is 1. The molecule has 1 aromatic heterocycles. The van der Waals surface area contributed by atoms with Gasteiger partial charge in [0, 0.05) is 19.1 Å². The second-order valence-corrected chi connectivity index (χ2v) is 5.16. The van der Waals surface area contributed by atoms with Crippen molar-refractivity contribution in [2.75, 3.05) is 13.0 Å². The quantitative estimate of drug-likeness (QED) is 0.833. The number of nitrogens with one attached hydrogen (secondary N) is 1. The number of methoxy groups -OCH3 is 1. The Bertz CT molecular complexity index is 600. The maximum atomic E-state index is 12.3. The first-order valence-electron chi connectivity index (χ1n) is 6.47. The van der Waals surface area contributed by atoms with Crippen LogP contribution in [-0.4, -0.2) is 24.1 Å². The molecule has 1 amide bonds. The van der Waals surface area contributed by atoms with E-state index in [0.717, 1.165) is 5.56 Å². The Hall–Kier alpha value is -1.85. The third-order valence-electron chi connectivity index (χ3n) is 3.15. The number of amides is 1. The van der Waals surface area contributed by atoms with Gasteiger partial charge in [-0.3, -0.25) is 4.79 Å². The third kappa shape index (κ3) is 3.62. The molecule has 2 rings (SSSR count). The van der Waals surface area contributed by atoms with Gasteiger partial charge in [-0.05, 0) is 12.5 Å². The lowest BCUT2D eigenvalue weighted by atomic mass is 9.94. The molecule has 0 aliphatic rings. The number of hydrogen-bond donors (Lipinski definition) is 1.